The van der Waals surface area contributed by atoms with Crippen molar-refractivity contribution in [1.29, 1.82) is 0 Å². The summed E-state index contributed by atoms with van der Waals surface area (Å²) in [5, 5.41) is 18.7. The lowest BCUT2D eigenvalue weighted by Gasteiger charge is -2.31. The van der Waals surface area contributed by atoms with Gasteiger partial charge in [0, 0.05) is 30.6 Å². The summed E-state index contributed by atoms with van der Waals surface area (Å²) >= 11 is 0. The van der Waals surface area contributed by atoms with Crippen LogP contribution in [0.25, 0.3) is 11.5 Å². The number of carbonyl (C=O) groups excluding carboxylic acids is 1. The third-order valence-corrected chi connectivity index (χ3v) is 6.26. The summed E-state index contributed by atoms with van der Waals surface area (Å²) < 4.78 is 5.43. The molecule has 1 fully saturated rings. The van der Waals surface area contributed by atoms with Crippen molar-refractivity contribution in [2.45, 2.75) is 46.5 Å². The molecule has 0 saturated carbocycles. The fourth-order valence-corrected chi connectivity index (χ4v) is 4.10. The van der Waals surface area contributed by atoms with Gasteiger partial charge >= 0.3 is 0 Å². The molecule has 2 heterocycles. The number of aryl methyl sites for hydroxylation is 1. The molecule has 0 aliphatic carbocycles. The van der Waals surface area contributed by atoms with E-state index in [0.29, 0.717) is 34.6 Å². The van der Waals surface area contributed by atoms with Crippen LogP contribution in [0.15, 0.2) is 40.9 Å². The van der Waals surface area contributed by atoms with Gasteiger partial charge in [-0.3, -0.25) is 14.9 Å². The summed E-state index contributed by atoms with van der Waals surface area (Å²) in [6.07, 6.45) is 1.98. The van der Waals surface area contributed by atoms with Gasteiger partial charge in [0.1, 0.15) is 5.69 Å². The van der Waals surface area contributed by atoms with E-state index in [4.69, 9.17) is 4.52 Å². The van der Waals surface area contributed by atoms with Crippen molar-refractivity contribution in [3.05, 3.63) is 63.5 Å². The average Bonchev–Trinajstić information content (AvgIpc) is 3.31. The molecule has 4 rings (SSSR count). The second kappa shape index (κ2) is 9.62. The Hall–Kier alpha value is -3.75. The van der Waals surface area contributed by atoms with Crippen molar-refractivity contribution < 1.29 is 14.2 Å². The van der Waals surface area contributed by atoms with Gasteiger partial charge in [0.25, 0.3) is 17.5 Å². The summed E-state index contributed by atoms with van der Waals surface area (Å²) in [5.41, 5.74) is 2.64. The van der Waals surface area contributed by atoms with Crippen LogP contribution in [0, 0.1) is 23.0 Å². The van der Waals surface area contributed by atoms with E-state index in [2.05, 4.69) is 22.4 Å². The summed E-state index contributed by atoms with van der Waals surface area (Å²) in [6, 6.07) is 10.2. The molecule has 1 aromatic heterocycles. The number of benzene rings is 2. The molecule has 34 heavy (non-hydrogen) atoms. The van der Waals surface area contributed by atoms with Crippen molar-refractivity contribution >= 4 is 23.0 Å². The highest BCUT2D eigenvalue weighted by Crippen LogP contribution is 2.34. The second-order valence-corrected chi connectivity index (χ2v) is 9.19. The maximum absolute atomic E-state index is 13.2. The van der Waals surface area contributed by atoms with Gasteiger partial charge in [0.05, 0.1) is 16.2 Å². The quantitative estimate of drug-likeness (QED) is 0.376. The van der Waals surface area contributed by atoms with Crippen molar-refractivity contribution in [2.24, 2.45) is 5.92 Å². The van der Waals surface area contributed by atoms with Crippen LogP contribution in [-0.2, 0) is 0 Å². The Labute approximate surface area is 198 Å². The number of rotatable bonds is 6. The molecule has 3 aromatic rings. The topological polar surface area (TPSA) is 114 Å². The van der Waals surface area contributed by atoms with Crippen LogP contribution in [0.1, 0.15) is 61.3 Å². The summed E-state index contributed by atoms with van der Waals surface area (Å²) in [4.78, 5) is 31.0. The first-order valence-electron chi connectivity index (χ1n) is 11.5. The van der Waals surface area contributed by atoms with E-state index >= 15 is 0 Å². The number of anilines is 2. The molecule has 1 aliphatic rings. The van der Waals surface area contributed by atoms with Gasteiger partial charge in [-0.2, -0.15) is 4.98 Å². The van der Waals surface area contributed by atoms with Gasteiger partial charge in [-0.25, -0.2) is 0 Å². The molecule has 1 saturated heterocycles. The smallest absolute Gasteiger partial charge is 0.293 e. The summed E-state index contributed by atoms with van der Waals surface area (Å²) in [5.74, 6) is 1.15. The molecule has 9 heteroatoms. The Morgan fingerprint density at radius 3 is 2.62 bits per heavy atom. The third-order valence-electron chi connectivity index (χ3n) is 6.26. The van der Waals surface area contributed by atoms with Crippen LogP contribution in [0.4, 0.5) is 17.1 Å². The highest BCUT2D eigenvalue weighted by Gasteiger charge is 2.25. The molecule has 0 spiro atoms. The molecule has 1 N–H and O–H groups in total. The lowest BCUT2D eigenvalue weighted by Crippen LogP contribution is -2.33. The normalized spacial score (nSPS) is 14.4. The third kappa shape index (κ3) is 4.78. The van der Waals surface area contributed by atoms with Gasteiger partial charge in [-0.15, -0.1) is 0 Å². The number of carbonyl (C=O) groups is 1. The van der Waals surface area contributed by atoms with Gasteiger partial charge in [0.15, 0.2) is 5.82 Å². The Morgan fingerprint density at radius 1 is 1.24 bits per heavy atom. The van der Waals surface area contributed by atoms with Gasteiger partial charge in [-0.1, -0.05) is 38.1 Å². The molecule has 0 radical (unpaired) electrons. The molecule has 2 aromatic carbocycles. The number of aromatic nitrogens is 2. The van der Waals surface area contributed by atoms with Gasteiger partial charge in [0.2, 0.25) is 0 Å². The Bertz CT molecular complexity index is 1210. The van der Waals surface area contributed by atoms with Crippen molar-refractivity contribution in [3.8, 4) is 11.5 Å². The molecule has 0 atom stereocenters. The first-order chi connectivity index (χ1) is 16.2. The highest BCUT2D eigenvalue weighted by atomic mass is 16.6. The second-order valence-electron chi connectivity index (χ2n) is 9.19. The van der Waals surface area contributed by atoms with Gasteiger partial charge in [-0.05, 0) is 49.4 Å². The number of amides is 1. The number of piperidine rings is 1. The fourth-order valence-electron chi connectivity index (χ4n) is 4.10. The summed E-state index contributed by atoms with van der Waals surface area (Å²) in [6.45, 7) is 9.52. The zero-order valence-corrected chi connectivity index (χ0v) is 19.9. The maximum Gasteiger partial charge on any atom is 0.293 e. The minimum atomic E-state index is -0.443. The van der Waals surface area contributed by atoms with E-state index in [1.807, 2.05) is 37.8 Å². The molecule has 1 amide bonds. The highest BCUT2D eigenvalue weighted by molar-refractivity contribution is 6.07. The maximum atomic E-state index is 13.2. The van der Waals surface area contributed by atoms with Crippen LogP contribution >= 0.6 is 0 Å². The number of hydrogen-bond acceptors (Lipinski definition) is 7. The van der Waals surface area contributed by atoms with Crippen LogP contribution in [-0.4, -0.2) is 34.1 Å². The van der Waals surface area contributed by atoms with Crippen molar-refractivity contribution in [1.82, 2.24) is 10.1 Å². The van der Waals surface area contributed by atoms with Crippen LogP contribution in [0.3, 0.4) is 0 Å². The lowest BCUT2D eigenvalue weighted by molar-refractivity contribution is -0.384. The molecular formula is C25H29N5O4. The van der Waals surface area contributed by atoms with Crippen molar-refractivity contribution in [3.63, 3.8) is 0 Å². The standard InChI is InChI=1S/C25H29N5O4/c1-15(2)23-27-25(34-28-23)19-7-5-6-17(4)22(19)26-24(31)18-8-9-20(21(14-18)30(32)33)29-12-10-16(3)11-13-29/h5-9,14-16H,10-13H2,1-4H3,(H,26,31). The predicted octanol–water partition coefficient (Wildman–Crippen LogP) is 5.57. The monoisotopic (exact) mass is 463 g/mol. The zero-order chi connectivity index (χ0) is 24.4. The van der Waals surface area contributed by atoms with Crippen LogP contribution in [0.2, 0.25) is 0 Å². The zero-order valence-electron chi connectivity index (χ0n) is 19.9. The largest absolute Gasteiger partial charge is 0.366 e. The molecule has 9 nitrogen and oxygen atoms in total. The average molecular weight is 464 g/mol. The van der Waals surface area contributed by atoms with E-state index in [9.17, 15) is 14.9 Å². The summed E-state index contributed by atoms with van der Waals surface area (Å²) in [7, 11) is 0. The minimum absolute atomic E-state index is 0.0642. The molecule has 1 aliphatic heterocycles. The molecule has 0 unspecified atom stereocenters. The van der Waals surface area contributed by atoms with E-state index in [1.165, 1.54) is 6.07 Å². The number of nitrogens with one attached hydrogen (secondary N) is 1. The molecule has 178 valence electrons. The number of nitrogens with zero attached hydrogens (tertiary/aromatic N) is 4. The fraction of sp³-hybridized carbons (Fsp3) is 0.400. The SMILES string of the molecule is Cc1cccc(-c2nc(C(C)C)no2)c1NC(=O)c1ccc(N2CCC(C)CC2)c([N+](=O)[O-])c1. The minimum Gasteiger partial charge on any atom is -0.366 e. The van der Waals surface area contributed by atoms with E-state index in [0.717, 1.165) is 31.5 Å². The lowest BCUT2D eigenvalue weighted by atomic mass is 9.98. The number of hydrogen-bond donors (Lipinski definition) is 1. The van der Waals surface area contributed by atoms with E-state index < -0.39 is 10.8 Å². The van der Waals surface area contributed by atoms with E-state index in [-0.39, 0.29) is 17.2 Å². The predicted molar refractivity (Wildman–Crippen MR) is 130 cm³/mol. The van der Waals surface area contributed by atoms with Gasteiger partial charge < -0.3 is 14.7 Å². The first kappa shape index (κ1) is 23.4. The Balaban J connectivity index is 1.63. The number of para-hydroxylation sites is 1. The van der Waals surface area contributed by atoms with Crippen molar-refractivity contribution in [2.75, 3.05) is 23.3 Å². The molecule has 0 bridgehead atoms. The first-order valence-corrected chi connectivity index (χ1v) is 11.5. The van der Waals surface area contributed by atoms with E-state index in [1.54, 1.807) is 18.2 Å². The number of nitro benzene ring substituents is 1. The Morgan fingerprint density at radius 2 is 1.97 bits per heavy atom. The Kier molecular flexibility index (Phi) is 6.63. The number of nitro groups is 1. The molecular weight excluding hydrogens is 434 g/mol. The van der Waals surface area contributed by atoms with Crippen LogP contribution in [0.5, 0.6) is 0 Å². The van der Waals surface area contributed by atoms with Crippen LogP contribution < -0.4 is 10.2 Å².